The van der Waals surface area contributed by atoms with Gasteiger partial charge in [-0.1, -0.05) is 49.4 Å². The quantitative estimate of drug-likeness (QED) is 0.453. The fourth-order valence-electron chi connectivity index (χ4n) is 3.12. The summed E-state index contributed by atoms with van der Waals surface area (Å²) in [6, 6.07) is 13.3. The fourth-order valence-corrected chi connectivity index (χ4v) is 3.98. The van der Waals surface area contributed by atoms with Crippen molar-refractivity contribution >= 4 is 40.7 Å². The summed E-state index contributed by atoms with van der Waals surface area (Å²) < 4.78 is 13.8. The zero-order valence-electron chi connectivity index (χ0n) is 17.6. The van der Waals surface area contributed by atoms with Gasteiger partial charge in [0.25, 0.3) is 11.1 Å². The third-order valence-electron chi connectivity index (χ3n) is 4.99. The van der Waals surface area contributed by atoms with Crippen molar-refractivity contribution in [3.05, 3.63) is 75.9 Å². The van der Waals surface area contributed by atoms with Gasteiger partial charge in [0, 0.05) is 37.1 Å². The Bertz CT molecular complexity index is 1070. The molecule has 1 heterocycles. The maximum absolute atomic E-state index is 13.8. The van der Waals surface area contributed by atoms with Crippen LogP contribution in [0.15, 0.2) is 53.4 Å². The Morgan fingerprint density at radius 1 is 1.06 bits per heavy atom. The Kier molecular flexibility index (Phi) is 7.94. The van der Waals surface area contributed by atoms with Crippen molar-refractivity contribution in [3.8, 4) is 0 Å². The molecule has 1 aliphatic heterocycles. The molecule has 2 aromatic carbocycles. The Morgan fingerprint density at radius 2 is 1.78 bits per heavy atom. The predicted octanol–water partition coefficient (Wildman–Crippen LogP) is 4.20. The highest BCUT2D eigenvalue weighted by Crippen LogP contribution is 2.32. The maximum atomic E-state index is 13.8. The summed E-state index contributed by atoms with van der Waals surface area (Å²) in [5, 5.41) is 2.15. The number of halogens is 1. The van der Waals surface area contributed by atoms with Crippen molar-refractivity contribution in [3.63, 3.8) is 0 Å². The number of rotatable bonds is 9. The summed E-state index contributed by atoms with van der Waals surface area (Å²) >= 11 is 0.733. The van der Waals surface area contributed by atoms with E-state index in [2.05, 4.69) is 5.32 Å². The number of benzene rings is 2. The second-order valence-corrected chi connectivity index (χ2v) is 8.17. The third-order valence-corrected chi connectivity index (χ3v) is 5.89. The molecule has 166 valence electrons. The van der Waals surface area contributed by atoms with Gasteiger partial charge in [-0.2, -0.15) is 0 Å². The van der Waals surface area contributed by atoms with E-state index in [4.69, 9.17) is 0 Å². The van der Waals surface area contributed by atoms with E-state index in [0.717, 1.165) is 28.6 Å². The topological polar surface area (TPSA) is 83.6 Å². The normalized spacial score (nSPS) is 14.8. The summed E-state index contributed by atoms with van der Waals surface area (Å²) in [5.74, 6) is -1.46. The first-order valence-corrected chi connectivity index (χ1v) is 11.1. The standard InChI is InChI=1S/C24H23FN2O4S/c1-2-16-7-9-17(10-8-16)20(28)11-12-22(29)26-13-14-27-23(30)21(32-24(27)31)15-18-5-3-4-6-19(18)25/h3-10,15H,2,11-14H2,1H3,(H,26,29). The number of aryl methyl sites for hydroxylation is 1. The van der Waals surface area contributed by atoms with Crippen LogP contribution < -0.4 is 5.32 Å². The van der Waals surface area contributed by atoms with Gasteiger partial charge in [-0.25, -0.2) is 4.39 Å². The van der Waals surface area contributed by atoms with Crippen LogP contribution in [0, 0.1) is 5.82 Å². The lowest BCUT2D eigenvalue weighted by Crippen LogP contribution is -2.37. The van der Waals surface area contributed by atoms with Crippen molar-refractivity contribution in [2.45, 2.75) is 26.2 Å². The third kappa shape index (κ3) is 5.91. The first-order valence-electron chi connectivity index (χ1n) is 10.3. The lowest BCUT2D eigenvalue weighted by Gasteiger charge is -2.13. The molecule has 1 saturated heterocycles. The summed E-state index contributed by atoms with van der Waals surface area (Å²) in [6.07, 6.45) is 2.32. The van der Waals surface area contributed by atoms with Gasteiger partial charge >= 0.3 is 0 Å². The van der Waals surface area contributed by atoms with E-state index < -0.39 is 17.0 Å². The average molecular weight is 455 g/mol. The maximum Gasteiger partial charge on any atom is 0.293 e. The molecule has 2 aromatic rings. The average Bonchev–Trinajstić information content (AvgIpc) is 3.06. The van der Waals surface area contributed by atoms with Gasteiger partial charge in [-0.3, -0.25) is 24.1 Å². The zero-order valence-corrected chi connectivity index (χ0v) is 18.4. The van der Waals surface area contributed by atoms with Gasteiger partial charge < -0.3 is 5.32 Å². The van der Waals surface area contributed by atoms with Crippen molar-refractivity contribution in [2.75, 3.05) is 13.1 Å². The Labute approximate surface area is 189 Å². The largest absolute Gasteiger partial charge is 0.354 e. The van der Waals surface area contributed by atoms with Gasteiger partial charge in [-0.15, -0.1) is 0 Å². The molecule has 0 saturated carbocycles. The minimum absolute atomic E-state index is 0.00253. The lowest BCUT2D eigenvalue weighted by molar-refractivity contribution is -0.124. The first-order chi connectivity index (χ1) is 15.4. The molecular formula is C24H23FN2O4S. The zero-order chi connectivity index (χ0) is 23.1. The van der Waals surface area contributed by atoms with Gasteiger partial charge in [-0.05, 0) is 35.9 Å². The molecule has 0 aromatic heterocycles. The Balaban J connectivity index is 1.45. The second kappa shape index (κ2) is 10.9. The summed E-state index contributed by atoms with van der Waals surface area (Å²) in [7, 11) is 0. The van der Waals surface area contributed by atoms with Gasteiger partial charge in [0.15, 0.2) is 5.78 Å². The molecule has 0 spiro atoms. The van der Waals surface area contributed by atoms with E-state index in [0.29, 0.717) is 5.56 Å². The molecule has 1 N–H and O–H groups in total. The highest BCUT2D eigenvalue weighted by Gasteiger charge is 2.34. The number of hydrogen-bond acceptors (Lipinski definition) is 5. The number of thioether (sulfide) groups is 1. The van der Waals surface area contributed by atoms with Crippen LogP contribution in [0.3, 0.4) is 0 Å². The van der Waals surface area contributed by atoms with E-state index in [1.54, 1.807) is 18.2 Å². The molecular weight excluding hydrogens is 431 g/mol. The minimum Gasteiger partial charge on any atom is -0.354 e. The molecule has 3 rings (SSSR count). The van der Waals surface area contributed by atoms with Crippen molar-refractivity contribution < 1.29 is 23.6 Å². The van der Waals surface area contributed by atoms with Crippen LogP contribution in [-0.2, 0) is 16.0 Å². The fraction of sp³-hybridized carbons (Fsp3) is 0.250. The van der Waals surface area contributed by atoms with E-state index in [9.17, 15) is 23.6 Å². The highest BCUT2D eigenvalue weighted by atomic mass is 32.2. The van der Waals surface area contributed by atoms with Crippen LogP contribution in [0.4, 0.5) is 9.18 Å². The summed E-state index contributed by atoms with van der Waals surface area (Å²) in [4.78, 5) is 50.0. The molecule has 0 bridgehead atoms. The second-order valence-electron chi connectivity index (χ2n) is 7.18. The SMILES string of the molecule is CCc1ccc(C(=O)CCC(=O)NCCN2C(=O)SC(=Cc3ccccc3F)C2=O)cc1. The smallest absolute Gasteiger partial charge is 0.293 e. The summed E-state index contributed by atoms with van der Waals surface area (Å²) in [6.45, 7) is 2.10. The first kappa shape index (κ1) is 23.4. The van der Waals surface area contributed by atoms with Gasteiger partial charge in [0.1, 0.15) is 5.82 Å². The van der Waals surface area contributed by atoms with Crippen molar-refractivity contribution in [2.24, 2.45) is 0 Å². The van der Waals surface area contributed by atoms with Gasteiger partial charge in [0.05, 0.1) is 4.91 Å². The van der Waals surface area contributed by atoms with E-state index in [-0.39, 0.29) is 48.1 Å². The molecule has 32 heavy (non-hydrogen) atoms. The van der Waals surface area contributed by atoms with Crippen LogP contribution in [0.25, 0.3) is 6.08 Å². The molecule has 0 unspecified atom stereocenters. The molecule has 1 fully saturated rings. The van der Waals surface area contributed by atoms with Crippen LogP contribution >= 0.6 is 11.8 Å². The summed E-state index contributed by atoms with van der Waals surface area (Å²) in [5.41, 5.74) is 1.92. The highest BCUT2D eigenvalue weighted by molar-refractivity contribution is 8.18. The number of carbonyl (C=O) groups is 4. The number of imide groups is 1. The van der Waals surface area contributed by atoms with E-state index in [1.165, 1.54) is 24.3 Å². The Morgan fingerprint density at radius 3 is 2.47 bits per heavy atom. The molecule has 1 aliphatic rings. The molecule has 0 radical (unpaired) electrons. The lowest BCUT2D eigenvalue weighted by atomic mass is 10.0. The number of ketones is 1. The van der Waals surface area contributed by atoms with E-state index >= 15 is 0 Å². The number of Topliss-reactive ketones (excluding diaryl/α,β-unsaturated/α-hetero) is 1. The van der Waals surface area contributed by atoms with Crippen LogP contribution in [0.1, 0.15) is 41.3 Å². The molecule has 0 atom stereocenters. The number of nitrogens with zero attached hydrogens (tertiary/aromatic N) is 1. The van der Waals surface area contributed by atoms with Gasteiger partial charge in [0.2, 0.25) is 5.91 Å². The Hall–Kier alpha value is -3.26. The van der Waals surface area contributed by atoms with Crippen molar-refractivity contribution in [1.29, 1.82) is 0 Å². The molecule has 8 heteroatoms. The van der Waals surface area contributed by atoms with Crippen LogP contribution in [0.2, 0.25) is 0 Å². The van der Waals surface area contributed by atoms with Crippen molar-refractivity contribution in [1.82, 2.24) is 10.2 Å². The molecule has 6 nitrogen and oxygen atoms in total. The minimum atomic E-state index is -0.525. The monoisotopic (exact) mass is 454 g/mol. The van der Waals surface area contributed by atoms with Crippen LogP contribution in [-0.4, -0.2) is 40.8 Å². The molecule has 3 amide bonds. The predicted molar refractivity (Wildman–Crippen MR) is 121 cm³/mol. The number of hydrogen-bond donors (Lipinski definition) is 1. The number of nitrogens with one attached hydrogen (secondary N) is 1. The van der Waals surface area contributed by atoms with Crippen LogP contribution in [0.5, 0.6) is 0 Å². The number of carbonyl (C=O) groups excluding carboxylic acids is 4. The number of amides is 3. The molecule has 0 aliphatic carbocycles. The van der Waals surface area contributed by atoms with E-state index in [1.807, 2.05) is 19.1 Å².